The Morgan fingerprint density at radius 3 is 2.62 bits per heavy atom. The Morgan fingerprint density at radius 2 is 1.84 bits per heavy atom. The molecule has 3 aromatic heterocycles. The van der Waals surface area contributed by atoms with Crippen LogP contribution >= 0.6 is 23.4 Å². The van der Waals surface area contributed by atoms with E-state index in [1.165, 1.54) is 0 Å². The van der Waals surface area contributed by atoms with Gasteiger partial charge in [0.1, 0.15) is 11.6 Å². The van der Waals surface area contributed by atoms with Crippen molar-refractivity contribution in [2.75, 3.05) is 5.32 Å². The average molecular weight is 461 g/mol. The fourth-order valence-corrected chi connectivity index (χ4v) is 4.43. The van der Waals surface area contributed by atoms with Crippen LogP contribution in [0.5, 0.6) is 0 Å². The number of nitrogens with zero attached hydrogens (tertiary/aromatic N) is 4. The van der Waals surface area contributed by atoms with Crippen LogP contribution in [-0.2, 0) is 12.3 Å². The molecule has 0 spiro atoms. The standard InChI is InChI=1S/C24H21ClN6S/c1-16-6-11-22(26-12-16)27-13-19-14-28-24(31(19)18-9-7-17(25)8-10-18)32-15-23-29-20-4-2-3-5-21(20)30-23/h2-12,14H,13,15H2,1H3,(H,26,27)(H,29,30). The second kappa shape index (κ2) is 9.06. The van der Waals surface area contributed by atoms with Gasteiger partial charge < -0.3 is 10.3 Å². The predicted molar refractivity (Wildman–Crippen MR) is 131 cm³/mol. The molecule has 2 aromatic carbocycles. The molecule has 0 saturated heterocycles. The topological polar surface area (TPSA) is 71.4 Å². The minimum Gasteiger partial charge on any atom is -0.364 e. The molecule has 0 amide bonds. The molecule has 0 atom stereocenters. The van der Waals surface area contributed by atoms with Crippen molar-refractivity contribution >= 4 is 40.2 Å². The number of hydrogen-bond acceptors (Lipinski definition) is 5. The highest BCUT2D eigenvalue weighted by Crippen LogP contribution is 2.27. The quantitative estimate of drug-likeness (QED) is 0.291. The number of aromatic nitrogens is 5. The Morgan fingerprint density at radius 1 is 1.00 bits per heavy atom. The van der Waals surface area contributed by atoms with Crippen LogP contribution in [0, 0.1) is 6.92 Å². The van der Waals surface area contributed by atoms with Gasteiger partial charge in [0.2, 0.25) is 0 Å². The third-order valence-electron chi connectivity index (χ3n) is 5.03. The lowest BCUT2D eigenvalue weighted by Crippen LogP contribution is -2.08. The van der Waals surface area contributed by atoms with Gasteiger partial charge in [-0.2, -0.15) is 0 Å². The van der Waals surface area contributed by atoms with E-state index in [-0.39, 0.29) is 0 Å². The molecular formula is C24H21ClN6S. The predicted octanol–water partition coefficient (Wildman–Crippen LogP) is 6.01. The number of nitrogens with one attached hydrogen (secondary N) is 2. The summed E-state index contributed by atoms with van der Waals surface area (Å²) in [6.07, 6.45) is 3.75. The lowest BCUT2D eigenvalue weighted by Gasteiger charge is -2.13. The minimum absolute atomic E-state index is 0.594. The number of pyridine rings is 1. The Labute approximate surface area is 195 Å². The second-order valence-corrected chi connectivity index (χ2v) is 8.79. The summed E-state index contributed by atoms with van der Waals surface area (Å²) in [5.74, 6) is 2.44. The third kappa shape index (κ3) is 4.49. The van der Waals surface area contributed by atoms with Crippen LogP contribution in [0.3, 0.4) is 0 Å². The highest BCUT2D eigenvalue weighted by atomic mass is 35.5. The van der Waals surface area contributed by atoms with Gasteiger partial charge in [0.25, 0.3) is 0 Å². The van der Waals surface area contributed by atoms with Crippen LogP contribution in [0.4, 0.5) is 5.82 Å². The lowest BCUT2D eigenvalue weighted by atomic mass is 10.3. The van der Waals surface area contributed by atoms with Gasteiger partial charge in [-0.3, -0.25) is 4.57 Å². The summed E-state index contributed by atoms with van der Waals surface area (Å²) in [5.41, 5.74) is 5.18. The van der Waals surface area contributed by atoms with E-state index in [4.69, 9.17) is 16.6 Å². The number of halogens is 1. The first-order valence-corrected chi connectivity index (χ1v) is 11.6. The number of anilines is 1. The number of benzene rings is 2. The van der Waals surface area contributed by atoms with E-state index < -0.39 is 0 Å². The van der Waals surface area contributed by atoms with E-state index in [1.807, 2.05) is 80.0 Å². The van der Waals surface area contributed by atoms with Crippen molar-refractivity contribution in [3.8, 4) is 5.69 Å². The monoisotopic (exact) mass is 460 g/mol. The Kier molecular flexibility index (Phi) is 5.83. The maximum atomic E-state index is 6.12. The lowest BCUT2D eigenvalue weighted by molar-refractivity contribution is 0.840. The summed E-state index contributed by atoms with van der Waals surface area (Å²) in [6, 6.07) is 19.9. The molecular weight excluding hydrogens is 440 g/mol. The summed E-state index contributed by atoms with van der Waals surface area (Å²) in [4.78, 5) is 17.2. The molecule has 8 heteroatoms. The normalized spacial score (nSPS) is 11.2. The first-order valence-electron chi connectivity index (χ1n) is 10.2. The van der Waals surface area contributed by atoms with Crippen molar-refractivity contribution in [3.05, 3.63) is 95.2 Å². The van der Waals surface area contributed by atoms with Gasteiger partial charge in [-0.1, -0.05) is 41.6 Å². The molecule has 3 heterocycles. The van der Waals surface area contributed by atoms with Crippen molar-refractivity contribution in [2.45, 2.75) is 24.4 Å². The van der Waals surface area contributed by atoms with Crippen molar-refractivity contribution in [2.24, 2.45) is 0 Å². The van der Waals surface area contributed by atoms with Gasteiger partial charge >= 0.3 is 0 Å². The zero-order valence-electron chi connectivity index (χ0n) is 17.4. The second-order valence-electron chi connectivity index (χ2n) is 7.41. The van der Waals surface area contributed by atoms with E-state index in [1.54, 1.807) is 11.8 Å². The highest BCUT2D eigenvalue weighted by Gasteiger charge is 2.14. The molecule has 6 nitrogen and oxygen atoms in total. The van der Waals surface area contributed by atoms with Gasteiger partial charge in [-0.05, 0) is 55.0 Å². The van der Waals surface area contributed by atoms with E-state index in [0.717, 1.165) is 44.8 Å². The number of aryl methyl sites for hydroxylation is 1. The molecule has 0 radical (unpaired) electrons. The largest absolute Gasteiger partial charge is 0.364 e. The van der Waals surface area contributed by atoms with Gasteiger partial charge in [0.05, 0.1) is 35.2 Å². The molecule has 0 bridgehead atoms. The van der Waals surface area contributed by atoms with E-state index in [9.17, 15) is 0 Å². The van der Waals surface area contributed by atoms with Crippen LogP contribution in [0.25, 0.3) is 16.7 Å². The maximum Gasteiger partial charge on any atom is 0.173 e. The van der Waals surface area contributed by atoms with Crippen molar-refractivity contribution < 1.29 is 0 Å². The van der Waals surface area contributed by atoms with E-state index >= 15 is 0 Å². The zero-order valence-corrected chi connectivity index (χ0v) is 19.0. The summed E-state index contributed by atoms with van der Waals surface area (Å²) >= 11 is 7.76. The van der Waals surface area contributed by atoms with Gasteiger partial charge in [0.15, 0.2) is 5.16 Å². The first kappa shape index (κ1) is 20.6. The maximum absolute atomic E-state index is 6.12. The number of rotatable bonds is 7. The first-order chi connectivity index (χ1) is 15.7. The molecule has 0 saturated carbocycles. The molecule has 160 valence electrons. The Balaban J connectivity index is 1.40. The number of para-hydroxylation sites is 2. The highest BCUT2D eigenvalue weighted by molar-refractivity contribution is 7.98. The van der Waals surface area contributed by atoms with Gasteiger partial charge in [-0.25, -0.2) is 15.0 Å². The van der Waals surface area contributed by atoms with Gasteiger partial charge in [0, 0.05) is 16.9 Å². The van der Waals surface area contributed by atoms with Gasteiger partial charge in [-0.15, -0.1) is 0 Å². The number of imidazole rings is 2. The molecule has 0 unspecified atom stereocenters. The molecule has 0 aliphatic rings. The third-order valence-corrected chi connectivity index (χ3v) is 6.24. The van der Waals surface area contributed by atoms with Crippen molar-refractivity contribution in [1.29, 1.82) is 0 Å². The van der Waals surface area contributed by atoms with Crippen molar-refractivity contribution in [1.82, 2.24) is 24.5 Å². The molecule has 0 aliphatic carbocycles. The average Bonchev–Trinajstić information content (AvgIpc) is 3.41. The molecule has 0 aliphatic heterocycles. The van der Waals surface area contributed by atoms with Crippen molar-refractivity contribution in [3.63, 3.8) is 0 Å². The summed E-state index contributed by atoms with van der Waals surface area (Å²) in [7, 11) is 0. The van der Waals surface area contributed by atoms with Crippen LogP contribution < -0.4 is 5.32 Å². The fourth-order valence-electron chi connectivity index (χ4n) is 3.42. The molecule has 5 rings (SSSR count). The number of thioether (sulfide) groups is 1. The Bertz CT molecular complexity index is 1310. The molecule has 32 heavy (non-hydrogen) atoms. The van der Waals surface area contributed by atoms with Crippen LogP contribution in [-0.4, -0.2) is 24.5 Å². The Hall–Kier alpha value is -3.29. The number of aromatic amines is 1. The van der Waals surface area contributed by atoms with Crippen LogP contribution in [0.2, 0.25) is 5.02 Å². The van der Waals surface area contributed by atoms with E-state index in [0.29, 0.717) is 17.3 Å². The summed E-state index contributed by atoms with van der Waals surface area (Å²) in [6.45, 7) is 2.62. The zero-order chi connectivity index (χ0) is 21.9. The smallest absolute Gasteiger partial charge is 0.173 e. The SMILES string of the molecule is Cc1ccc(NCc2cnc(SCc3nc4ccccc4[nH]3)n2-c2ccc(Cl)cc2)nc1. The number of hydrogen-bond donors (Lipinski definition) is 2. The molecule has 0 fully saturated rings. The van der Waals surface area contributed by atoms with Crippen LogP contribution in [0.1, 0.15) is 17.1 Å². The fraction of sp³-hybridized carbons (Fsp3) is 0.125. The minimum atomic E-state index is 0.594. The number of H-pyrrole nitrogens is 1. The molecule has 5 aromatic rings. The summed E-state index contributed by atoms with van der Waals surface area (Å²) < 4.78 is 2.14. The molecule has 2 N–H and O–H groups in total. The van der Waals surface area contributed by atoms with E-state index in [2.05, 4.69) is 24.8 Å². The van der Waals surface area contributed by atoms with Crippen LogP contribution in [0.15, 0.2) is 78.2 Å². The summed E-state index contributed by atoms with van der Waals surface area (Å²) in [5, 5.41) is 4.98. The number of fused-ring (bicyclic) bond motifs is 1.